The van der Waals surface area contributed by atoms with Gasteiger partial charge in [-0.15, -0.1) is 0 Å². The van der Waals surface area contributed by atoms with Gasteiger partial charge in [-0.25, -0.2) is 0 Å². The lowest BCUT2D eigenvalue weighted by Gasteiger charge is -2.09. The van der Waals surface area contributed by atoms with Crippen molar-refractivity contribution in [2.75, 3.05) is 14.1 Å². The van der Waals surface area contributed by atoms with Gasteiger partial charge in [0.05, 0.1) is 5.02 Å². The Kier molecular flexibility index (Phi) is 2.85. The van der Waals surface area contributed by atoms with Crippen molar-refractivity contribution >= 4 is 11.6 Å². The third-order valence-electron chi connectivity index (χ3n) is 1.34. The summed E-state index contributed by atoms with van der Waals surface area (Å²) in [6.07, 6.45) is 3.42. The summed E-state index contributed by atoms with van der Waals surface area (Å²) in [5, 5.41) is 0.737. The first-order valence-electron chi connectivity index (χ1n) is 3.43. The van der Waals surface area contributed by atoms with Gasteiger partial charge in [0.2, 0.25) is 0 Å². The van der Waals surface area contributed by atoms with Crippen LogP contribution in [-0.2, 0) is 6.54 Å². The van der Waals surface area contributed by atoms with Crippen LogP contribution in [0.4, 0.5) is 0 Å². The highest BCUT2D eigenvalue weighted by atomic mass is 35.5. The number of hydrogen-bond donors (Lipinski definition) is 0. The van der Waals surface area contributed by atoms with Crippen LogP contribution in [0, 0.1) is 0 Å². The molecule has 0 aliphatic heterocycles. The Bertz CT molecular complexity index is 235. The number of nitrogens with zero attached hydrogens (tertiary/aromatic N) is 2. The van der Waals surface area contributed by atoms with Gasteiger partial charge in [0.1, 0.15) is 0 Å². The summed E-state index contributed by atoms with van der Waals surface area (Å²) in [6.45, 7) is 0.862. The fourth-order valence-corrected chi connectivity index (χ4v) is 1.05. The number of rotatable bonds is 2. The van der Waals surface area contributed by atoms with Crippen molar-refractivity contribution in [2.24, 2.45) is 0 Å². The van der Waals surface area contributed by atoms with Gasteiger partial charge in [-0.1, -0.05) is 11.6 Å². The molecular formula is C8H11ClN2. The van der Waals surface area contributed by atoms with Crippen LogP contribution in [0.1, 0.15) is 5.56 Å². The lowest BCUT2D eigenvalue weighted by Crippen LogP contribution is -2.10. The maximum absolute atomic E-state index is 5.88. The number of aromatic nitrogens is 1. The van der Waals surface area contributed by atoms with Gasteiger partial charge in [-0.3, -0.25) is 4.98 Å². The van der Waals surface area contributed by atoms with Gasteiger partial charge in [-0.2, -0.15) is 0 Å². The maximum Gasteiger partial charge on any atom is 0.0634 e. The summed E-state index contributed by atoms with van der Waals surface area (Å²) < 4.78 is 0. The summed E-state index contributed by atoms with van der Waals surface area (Å²) in [4.78, 5) is 5.97. The highest BCUT2D eigenvalue weighted by Crippen LogP contribution is 2.13. The molecule has 0 saturated heterocycles. The number of hydrogen-bond acceptors (Lipinski definition) is 2. The molecule has 0 spiro atoms. The van der Waals surface area contributed by atoms with Crippen molar-refractivity contribution in [3.05, 3.63) is 29.0 Å². The van der Waals surface area contributed by atoms with E-state index in [0.29, 0.717) is 0 Å². The Morgan fingerprint density at radius 2 is 2.27 bits per heavy atom. The third kappa shape index (κ3) is 2.48. The third-order valence-corrected chi connectivity index (χ3v) is 1.68. The second kappa shape index (κ2) is 3.69. The molecule has 1 rings (SSSR count). The van der Waals surface area contributed by atoms with Gasteiger partial charge >= 0.3 is 0 Å². The van der Waals surface area contributed by atoms with Crippen LogP contribution in [0.2, 0.25) is 5.02 Å². The van der Waals surface area contributed by atoms with Crippen molar-refractivity contribution in [2.45, 2.75) is 6.54 Å². The first-order chi connectivity index (χ1) is 5.20. The van der Waals surface area contributed by atoms with E-state index in [9.17, 15) is 0 Å². The fourth-order valence-electron chi connectivity index (χ4n) is 0.873. The molecule has 0 aliphatic rings. The lowest BCUT2D eigenvalue weighted by atomic mass is 10.2. The molecule has 11 heavy (non-hydrogen) atoms. The standard InChI is InChI=1S/C8H11ClN2/c1-11(2)6-7-3-4-10-5-8(7)9/h3-5H,6H2,1-2H3. The first kappa shape index (κ1) is 8.50. The Morgan fingerprint density at radius 3 is 2.82 bits per heavy atom. The van der Waals surface area contributed by atoms with Gasteiger partial charge < -0.3 is 4.90 Å². The zero-order valence-electron chi connectivity index (χ0n) is 6.71. The molecule has 0 aromatic carbocycles. The normalized spacial score (nSPS) is 10.5. The van der Waals surface area contributed by atoms with Gasteiger partial charge in [-0.05, 0) is 25.7 Å². The van der Waals surface area contributed by atoms with Crippen molar-refractivity contribution in [3.8, 4) is 0 Å². The summed E-state index contributed by atoms with van der Waals surface area (Å²) >= 11 is 5.88. The van der Waals surface area contributed by atoms with E-state index in [-0.39, 0.29) is 0 Å². The second-order valence-electron chi connectivity index (χ2n) is 2.70. The van der Waals surface area contributed by atoms with Crippen molar-refractivity contribution < 1.29 is 0 Å². The van der Waals surface area contributed by atoms with Crippen LogP contribution in [-0.4, -0.2) is 24.0 Å². The van der Waals surface area contributed by atoms with Gasteiger partial charge in [0, 0.05) is 18.9 Å². The van der Waals surface area contributed by atoms with E-state index in [1.807, 2.05) is 20.2 Å². The fraction of sp³-hybridized carbons (Fsp3) is 0.375. The molecule has 1 aromatic heterocycles. The average Bonchev–Trinajstić information content (AvgIpc) is 1.93. The molecule has 2 nitrogen and oxygen atoms in total. The lowest BCUT2D eigenvalue weighted by molar-refractivity contribution is 0.402. The predicted octanol–water partition coefficient (Wildman–Crippen LogP) is 1.80. The first-order valence-corrected chi connectivity index (χ1v) is 3.81. The van der Waals surface area contributed by atoms with Crippen LogP contribution in [0.5, 0.6) is 0 Å². The monoisotopic (exact) mass is 170 g/mol. The molecule has 0 aliphatic carbocycles. The van der Waals surface area contributed by atoms with Crippen molar-refractivity contribution in [1.29, 1.82) is 0 Å². The van der Waals surface area contributed by atoms with E-state index in [2.05, 4.69) is 9.88 Å². The second-order valence-corrected chi connectivity index (χ2v) is 3.11. The Labute approximate surface area is 71.8 Å². The minimum Gasteiger partial charge on any atom is -0.305 e. The minimum absolute atomic E-state index is 0.737. The molecule has 0 bridgehead atoms. The number of pyridine rings is 1. The minimum atomic E-state index is 0.737. The molecular weight excluding hydrogens is 160 g/mol. The SMILES string of the molecule is CN(C)Cc1ccncc1Cl. The van der Waals surface area contributed by atoms with Gasteiger partial charge in [0.15, 0.2) is 0 Å². The summed E-state index contributed by atoms with van der Waals surface area (Å²) in [7, 11) is 4.02. The predicted molar refractivity (Wildman–Crippen MR) is 46.6 cm³/mol. The molecule has 0 fully saturated rings. The van der Waals surface area contributed by atoms with Crippen LogP contribution in [0.3, 0.4) is 0 Å². The van der Waals surface area contributed by atoms with E-state index >= 15 is 0 Å². The van der Waals surface area contributed by atoms with Crippen LogP contribution < -0.4 is 0 Å². The topological polar surface area (TPSA) is 16.1 Å². The van der Waals surface area contributed by atoms with Crippen molar-refractivity contribution in [1.82, 2.24) is 9.88 Å². The van der Waals surface area contributed by atoms with Crippen LogP contribution in [0.15, 0.2) is 18.5 Å². The van der Waals surface area contributed by atoms with E-state index in [0.717, 1.165) is 17.1 Å². The number of halogens is 1. The summed E-state index contributed by atoms with van der Waals surface area (Å²) in [6, 6.07) is 1.93. The van der Waals surface area contributed by atoms with E-state index in [1.165, 1.54) is 0 Å². The molecule has 1 heterocycles. The Morgan fingerprint density at radius 1 is 1.55 bits per heavy atom. The summed E-state index contributed by atoms with van der Waals surface area (Å²) in [5.74, 6) is 0. The van der Waals surface area contributed by atoms with E-state index in [4.69, 9.17) is 11.6 Å². The molecule has 0 radical (unpaired) electrons. The van der Waals surface area contributed by atoms with Crippen LogP contribution in [0.25, 0.3) is 0 Å². The van der Waals surface area contributed by atoms with Crippen molar-refractivity contribution in [3.63, 3.8) is 0 Å². The molecule has 60 valence electrons. The highest BCUT2D eigenvalue weighted by Gasteiger charge is 1.99. The largest absolute Gasteiger partial charge is 0.305 e. The van der Waals surface area contributed by atoms with Gasteiger partial charge in [0.25, 0.3) is 0 Å². The smallest absolute Gasteiger partial charge is 0.0634 e. The zero-order chi connectivity index (χ0) is 8.27. The Hall–Kier alpha value is -0.600. The summed E-state index contributed by atoms with van der Waals surface area (Å²) in [5.41, 5.74) is 1.12. The molecule has 0 unspecified atom stereocenters. The van der Waals surface area contributed by atoms with E-state index < -0.39 is 0 Å². The van der Waals surface area contributed by atoms with Crippen LogP contribution >= 0.6 is 11.6 Å². The molecule has 0 saturated carbocycles. The quantitative estimate of drug-likeness (QED) is 0.673. The molecule has 0 N–H and O–H groups in total. The molecule has 3 heteroatoms. The zero-order valence-corrected chi connectivity index (χ0v) is 7.47. The Balaban J connectivity index is 2.78. The van der Waals surface area contributed by atoms with E-state index in [1.54, 1.807) is 12.4 Å². The molecule has 0 amide bonds. The molecule has 1 aromatic rings. The molecule has 0 atom stereocenters. The highest BCUT2D eigenvalue weighted by molar-refractivity contribution is 6.31. The maximum atomic E-state index is 5.88. The average molecular weight is 171 g/mol.